The summed E-state index contributed by atoms with van der Waals surface area (Å²) in [6.45, 7) is 0.989. The average Bonchev–Trinajstić information content (AvgIpc) is 2.45. The zero-order valence-corrected chi connectivity index (χ0v) is 9.18. The summed E-state index contributed by atoms with van der Waals surface area (Å²) in [6.07, 6.45) is 7.23. The van der Waals surface area contributed by atoms with Crippen LogP contribution in [0.5, 0.6) is 0 Å². The fourth-order valence-electron chi connectivity index (χ4n) is 1.01. The van der Waals surface area contributed by atoms with E-state index in [9.17, 15) is 0 Å². The van der Waals surface area contributed by atoms with E-state index in [4.69, 9.17) is 11.6 Å². The Kier molecular flexibility index (Phi) is 4.69. The van der Waals surface area contributed by atoms with Gasteiger partial charge in [0.2, 0.25) is 0 Å². The average molecular weight is 252 g/mol. The molecule has 1 heterocycles. The molecule has 0 amide bonds. The summed E-state index contributed by atoms with van der Waals surface area (Å²) >= 11 is 8.91. The molecule has 0 unspecified atom stereocenters. The van der Waals surface area contributed by atoms with Crippen LogP contribution in [0.1, 0.15) is 19.3 Å². The van der Waals surface area contributed by atoms with E-state index in [0.717, 1.165) is 29.7 Å². The molecule has 68 valence electrons. The molecule has 1 aromatic rings. The molecule has 1 rings (SSSR count). The van der Waals surface area contributed by atoms with Crippen molar-refractivity contribution >= 4 is 27.5 Å². The van der Waals surface area contributed by atoms with Gasteiger partial charge in [-0.25, -0.2) is 0 Å². The largest absolute Gasteiger partial charge is 0.272 e. The van der Waals surface area contributed by atoms with Crippen molar-refractivity contribution in [2.45, 2.75) is 25.8 Å². The third-order valence-electron chi connectivity index (χ3n) is 1.62. The van der Waals surface area contributed by atoms with E-state index in [-0.39, 0.29) is 0 Å². The Bertz CT molecular complexity index is 225. The highest BCUT2D eigenvalue weighted by atomic mass is 79.9. The van der Waals surface area contributed by atoms with E-state index >= 15 is 0 Å². The van der Waals surface area contributed by atoms with Crippen LogP contribution in [0.15, 0.2) is 16.9 Å². The molecule has 4 heteroatoms. The molecule has 0 aliphatic carbocycles. The molecule has 0 aliphatic heterocycles. The second-order valence-corrected chi connectivity index (χ2v) is 3.96. The van der Waals surface area contributed by atoms with Crippen molar-refractivity contribution in [2.24, 2.45) is 0 Å². The molecular weight excluding hydrogens is 239 g/mol. The van der Waals surface area contributed by atoms with Gasteiger partial charge >= 0.3 is 0 Å². The first-order chi connectivity index (χ1) is 5.83. The van der Waals surface area contributed by atoms with E-state index in [1.807, 2.05) is 17.1 Å². The normalized spacial score (nSPS) is 10.5. The maximum absolute atomic E-state index is 5.56. The van der Waals surface area contributed by atoms with Crippen LogP contribution in [0.4, 0.5) is 0 Å². The zero-order chi connectivity index (χ0) is 8.81. The second kappa shape index (κ2) is 5.60. The summed E-state index contributed by atoms with van der Waals surface area (Å²) in [4.78, 5) is 0. The molecule has 12 heavy (non-hydrogen) atoms. The number of hydrogen-bond donors (Lipinski definition) is 0. The summed E-state index contributed by atoms with van der Waals surface area (Å²) in [5.74, 6) is 0.767. The van der Waals surface area contributed by atoms with Crippen LogP contribution in [0.2, 0.25) is 0 Å². The molecule has 2 nitrogen and oxygen atoms in total. The quantitative estimate of drug-likeness (QED) is 0.581. The van der Waals surface area contributed by atoms with Crippen LogP contribution in [0.25, 0.3) is 0 Å². The van der Waals surface area contributed by atoms with Gasteiger partial charge in [-0.05, 0) is 28.8 Å². The Morgan fingerprint density at radius 1 is 1.42 bits per heavy atom. The van der Waals surface area contributed by atoms with Gasteiger partial charge in [0.05, 0.1) is 10.7 Å². The smallest absolute Gasteiger partial charge is 0.0632 e. The van der Waals surface area contributed by atoms with Crippen molar-refractivity contribution in [2.75, 3.05) is 5.88 Å². The Labute approximate surface area is 86.0 Å². The first-order valence-corrected chi connectivity index (χ1v) is 5.39. The monoisotopic (exact) mass is 250 g/mol. The Balaban J connectivity index is 2.15. The molecule has 0 fully saturated rings. The lowest BCUT2D eigenvalue weighted by atomic mass is 10.2. The van der Waals surface area contributed by atoms with Gasteiger partial charge in [0.25, 0.3) is 0 Å². The predicted octanol–water partition coefficient (Wildman–Crippen LogP) is 3.05. The molecule has 1 aromatic heterocycles. The third-order valence-corrected chi connectivity index (χ3v) is 2.30. The molecule has 0 bridgehead atoms. The summed E-state index contributed by atoms with van der Waals surface area (Å²) in [6, 6.07) is 0. The van der Waals surface area contributed by atoms with Crippen LogP contribution in [-0.2, 0) is 6.54 Å². The standard InChI is InChI=1S/C8H12BrClN2/c9-8-6-11-12(7-8)5-3-1-2-4-10/h6-7H,1-5H2. The van der Waals surface area contributed by atoms with Crippen LogP contribution in [0.3, 0.4) is 0 Å². The second-order valence-electron chi connectivity index (χ2n) is 2.67. The van der Waals surface area contributed by atoms with Crippen LogP contribution < -0.4 is 0 Å². The summed E-state index contributed by atoms with van der Waals surface area (Å²) in [7, 11) is 0. The van der Waals surface area contributed by atoms with Crippen LogP contribution in [0, 0.1) is 0 Å². The van der Waals surface area contributed by atoms with E-state index in [0.29, 0.717) is 0 Å². The summed E-state index contributed by atoms with van der Waals surface area (Å²) in [5, 5.41) is 4.15. The molecule has 0 spiro atoms. The summed E-state index contributed by atoms with van der Waals surface area (Å²) < 4.78 is 2.98. The van der Waals surface area contributed by atoms with Crippen molar-refractivity contribution in [3.63, 3.8) is 0 Å². The van der Waals surface area contributed by atoms with Gasteiger partial charge in [-0.1, -0.05) is 6.42 Å². The number of hydrogen-bond acceptors (Lipinski definition) is 1. The predicted molar refractivity (Wildman–Crippen MR) is 54.5 cm³/mol. The third kappa shape index (κ3) is 3.59. The van der Waals surface area contributed by atoms with E-state index in [1.165, 1.54) is 6.42 Å². The number of aromatic nitrogens is 2. The van der Waals surface area contributed by atoms with Crippen molar-refractivity contribution in [3.05, 3.63) is 16.9 Å². The number of alkyl halides is 1. The lowest BCUT2D eigenvalue weighted by Crippen LogP contribution is -1.97. The van der Waals surface area contributed by atoms with Gasteiger partial charge in [0, 0.05) is 18.6 Å². The lowest BCUT2D eigenvalue weighted by molar-refractivity contribution is 0.554. The van der Waals surface area contributed by atoms with Gasteiger partial charge in [0.1, 0.15) is 0 Å². The van der Waals surface area contributed by atoms with Gasteiger partial charge in [-0.2, -0.15) is 5.10 Å². The highest BCUT2D eigenvalue weighted by Crippen LogP contribution is 2.07. The van der Waals surface area contributed by atoms with Gasteiger partial charge in [-0.3, -0.25) is 4.68 Å². The lowest BCUT2D eigenvalue weighted by Gasteiger charge is -1.99. The number of rotatable bonds is 5. The first-order valence-electron chi connectivity index (χ1n) is 4.07. The fraction of sp³-hybridized carbons (Fsp3) is 0.625. The molecule has 0 aliphatic rings. The van der Waals surface area contributed by atoms with Gasteiger partial charge in [0.15, 0.2) is 0 Å². The molecule has 0 saturated carbocycles. The maximum atomic E-state index is 5.56. The molecule has 0 saturated heterocycles. The summed E-state index contributed by atoms with van der Waals surface area (Å²) in [5.41, 5.74) is 0. The number of unbranched alkanes of at least 4 members (excludes halogenated alkanes) is 2. The van der Waals surface area contributed by atoms with E-state index in [2.05, 4.69) is 21.0 Å². The first kappa shape index (κ1) is 10.1. The number of halogens is 2. The minimum atomic E-state index is 0.767. The van der Waals surface area contributed by atoms with Gasteiger partial charge in [-0.15, -0.1) is 11.6 Å². The molecule has 0 atom stereocenters. The fourth-order valence-corrected chi connectivity index (χ4v) is 1.52. The highest BCUT2D eigenvalue weighted by Gasteiger charge is 1.94. The molecule has 0 radical (unpaired) electrons. The maximum Gasteiger partial charge on any atom is 0.0632 e. The number of nitrogens with zero attached hydrogens (tertiary/aromatic N) is 2. The Morgan fingerprint density at radius 3 is 2.83 bits per heavy atom. The SMILES string of the molecule is ClCCCCCn1cc(Br)cn1. The minimum Gasteiger partial charge on any atom is -0.272 e. The van der Waals surface area contributed by atoms with E-state index < -0.39 is 0 Å². The Morgan fingerprint density at radius 2 is 2.25 bits per heavy atom. The molecule has 0 N–H and O–H groups in total. The van der Waals surface area contributed by atoms with Crippen molar-refractivity contribution in [1.82, 2.24) is 9.78 Å². The zero-order valence-electron chi connectivity index (χ0n) is 6.84. The molecule has 0 aromatic carbocycles. The Hall–Kier alpha value is -0.0200. The number of aryl methyl sites for hydroxylation is 1. The molecular formula is C8H12BrClN2. The van der Waals surface area contributed by atoms with Crippen molar-refractivity contribution in [1.29, 1.82) is 0 Å². The topological polar surface area (TPSA) is 17.8 Å². The highest BCUT2D eigenvalue weighted by molar-refractivity contribution is 9.10. The minimum absolute atomic E-state index is 0.767. The van der Waals surface area contributed by atoms with Crippen LogP contribution >= 0.6 is 27.5 Å². The van der Waals surface area contributed by atoms with Crippen molar-refractivity contribution in [3.8, 4) is 0 Å². The van der Waals surface area contributed by atoms with Gasteiger partial charge < -0.3 is 0 Å². The van der Waals surface area contributed by atoms with Crippen molar-refractivity contribution < 1.29 is 0 Å². The van der Waals surface area contributed by atoms with Crippen LogP contribution in [-0.4, -0.2) is 15.7 Å². The van der Waals surface area contributed by atoms with E-state index in [1.54, 1.807) is 0 Å².